The molecule has 2 aromatic carbocycles. The van der Waals surface area contributed by atoms with Crippen LogP contribution in [0, 0.1) is 19.8 Å². The Bertz CT molecular complexity index is 908. The average molecular weight is 350 g/mol. The third-order valence-electron chi connectivity index (χ3n) is 5.27. The fourth-order valence-electron chi connectivity index (χ4n) is 3.97. The van der Waals surface area contributed by atoms with Gasteiger partial charge in [-0.2, -0.15) is 0 Å². The zero-order valence-electron chi connectivity index (χ0n) is 15.1. The zero-order chi connectivity index (χ0) is 18.5. The van der Waals surface area contributed by atoms with Crippen LogP contribution in [0.1, 0.15) is 36.0 Å². The van der Waals surface area contributed by atoms with Gasteiger partial charge in [0.25, 0.3) is 0 Å². The molecule has 1 fully saturated rings. The standard InChI is InChI=1S/C21H22N2O3/c1-12-8-9-13(2)16(10-12)22-19(24)18-15-11-21(3,23-20(18)25)26-17-7-5-4-6-14(15)17/h4-10,15,18H,11H2,1-3H3,(H,22,24)(H,23,25)/t15-,18+,21+/m1/s1. The highest BCUT2D eigenvalue weighted by Crippen LogP contribution is 2.46. The molecular weight excluding hydrogens is 328 g/mol. The number of hydrogen-bond acceptors (Lipinski definition) is 3. The molecule has 0 spiro atoms. The van der Waals surface area contributed by atoms with Gasteiger partial charge in [-0.1, -0.05) is 30.3 Å². The molecule has 0 aromatic heterocycles. The monoisotopic (exact) mass is 350 g/mol. The van der Waals surface area contributed by atoms with Crippen molar-refractivity contribution < 1.29 is 14.3 Å². The second-order valence-electron chi connectivity index (χ2n) is 7.46. The van der Waals surface area contributed by atoms with Gasteiger partial charge in [-0.05, 0) is 49.6 Å². The molecule has 2 aliphatic rings. The van der Waals surface area contributed by atoms with Crippen LogP contribution in [-0.2, 0) is 9.59 Å². The molecular formula is C21H22N2O3. The van der Waals surface area contributed by atoms with Crippen LogP contribution in [0.3, 0.4) is 0 Å². The molecule has 3 atom stereocenters. The molecule has 5 heteroatoms. The normalized spacial score (nSPS) is 26.3. The van der Waals surface area contributed by atoms with Crippen molar-refractivity contribution in [1.29, 1.82) is 0 Å². The van der Waals surface area contributed by atoms with Crippen LogP contribution >= 0.6 is 0 Å². The fourth-order valence-corrected chi connectivity index (χ4v) is 3.97. The molecule has 0 aliphatic carbocycles. The van der Waals surface area contributed by atoms with Gasteiger partial charge in [0.2, 0.25) is 11.8 Å². The molecule has 134 valence electrons. The van der Waals surface area contributed by atoms with Gasteiger partial charge in [0.1, 0.15) is 11.7 Å². The number of nitrogens with one attached hydrogen (secondary N) is 2. The van der Waals surface area contributed by atoms with Gasteiger partial charge in [0, 0.05) is 18.0 Å². The van der Waals surface area contributed by atoms with E-state index in [1.807, 2.05) is 63.2 Å². The summed E-state index contributed by atoms with van der Waals surface area (Å²) in [6.45, 7) is 5.77. The highest BCUT2D eigenvalue weighted by Gasteiger charge is 2.51. The van der Waals surface area contributed by atoms with Crippen molar-refractivity contribution in [3.63, 3.8) is 0 Å². The Labute approximate surface area is 152 Å². The number of hydrogen-bond donors (Lipinski definition) is 2. The van der Waals surface area contributed by atoms with Gasteiger partial charge in [0.05, 0.1) is 0 Å². The van der Waals surface area contributed by atoms with Crippen molar-refractivity contribution in [2.24, 2.45) is 5.92 Å². The smallest absolute Gasteiger partial charge is 0.237 e. The lowest BCUT2D eigenvalue weighted by molar-refractivity contribution is -0.145. The van der Waals surface area contributed by atoms with Crippen LogP contribution in [0.2, 0.25) is 0 Å². The Hall–Kier alpha value is -2.82. The van der Waals surface area contributed by atoms with Gasteiger partial charge in [-0.3, -0.25) is 9.59 Å². The fraction of sp³-hybridized carbons (Fsp3) is 0.333. The molecule has 0 saturated carbocycles. The van der Waals surface area contributed by atoms with Gasteiger partial charge in [0.15, 0.2) is 5.72 Å². The first kappa shape index (κ1) is 16.6. The minimum atomic E-state index is -0.784. The lowest BCUT2D eigenvalue weighted by Crippen LogP contribution is -2.62. The van der Waals surface area contributed by atoms with Gasteiger partial charge in [-0.15, -0.1) is 0 Å². The number of para-hydroxylation sites is 1. The third kappa shape index (κ3) is 2.73. The Kier molecular flexibility index (Phi) is 3.75. The minimum Gasteiger partial charge on any atom is -0.468 e. The van der Waals surface area contributed by atoms with Crippen molar-refractivity contribution in [2.75, 3.05) is 5.32 Å². The quantitative estimate of drug-likeness (QED) is 0.817. The Morgan fingerprint density at radius 1 is 1.23 bits per heavy atom. The number of ether oxygens (including phenoxy) is 1. The van der Waals surface area contributed by atoms with Gasteiger partial charge >= 0.3 is 0 Å². The van der Waals surface area contributed by atoms with E-state index < -0.39 is 11.6 Å². The number of fused-ring (bicyclic) bond motifs is 4. The Morgan fingerprint density at radius 2 is 2.00 bits per heavy atom. The SMILES string of the molecule is Cc1ccc(C)c(NC(=O)[C@H]2C(=O)N[C@]3(C)C[C@@H]2c2ccccc2O3)c1. The summed E-state index contributed by atoms with van der Waals surface area (Å²) >= 11 is 0. The van der Waals surface area contributed by atoms with Gasteiger partial charge in [-0.25, -0.2) is 0 Å². The first-order valence-corrected chi connectivity index (χ1v) is 8.84. The molecule has 26 heavy (non-hydrogen) atoms. The summed E-state index contributed by atoms with van der Waals surface area (Å²) in [6, 6.07) is 13.5. The number of rotatable bonds is 2. The second-order valence-corrected chi connectivity index (χ2v) is 7.46. The van der Waals surface area contributed by atoms with E-state index in [-0.39, 0.29) is 17.7 Å². The highest BCUT2D eigenvalue weighted by atomic mass is 16.5. The molecule has 2 aliphatic heterocycles. The summed E-state index contributed by atoms with van der Waals surface area (Å²) in [5.41, 5.74) is 2.92. The van der Waals surface area contributed by atoms with Crippen LogP contribution in [0.5, 0.6) is 5.75 Å². The number of benzene rings is 2. The van der Waals surface area contributed by atoms with Crippen LogP contribution < -0.4 is 15.4 Å². The molecule has 2 heterocycles. The van der Waals surface area contributed by atoms with Crippen LogP contribution in [0.4, 0.5) is 5.69 Å². The first-order chi connectivity index (χ1) is 12.4. The molecule has 0 radical (unpaired) electrons. The summed E-state index contributed by atoms with van der Waals surface area (Å²) in [5, 5.41) is 5.84. The largest absolute Gasteiger partial charge is 0.468 e. The zero-order valence-corrected chi connectivity index (χ0v) is 15.1. The maximum absolute atomic E-state index is 13.0. The van der Waals surface area contributed by atoms with E-state index >= 15 is 0 Å². The topological polar surface area (TPSA) is 67.4 Å². The van der Waals surface area contributed by atoms with E-state index in [1.165, 1.54) is 0 Å². The summed E-state index contributed by atoms with van der Waals surface area (Å²) in [7, 11) is 0. The van der Waals surface area contributed by atoms with Crippen LogP contribution in [0.25, 0.3) is 0 Å². The maximum Gasteiger partial charge on any atom is 0.237 e. The Morgan fingerprint density at radius 3 is 2.81 bits per heavy atom. The molecule has 2 aromatic rings. The molecule has 2 amide bonds. The van der Waals surface area contributed by atoms with Crippen molar-refractivity contribution in [3.8, 4) is 5.75 Å². The van der Waals surface area contributed by atoms with E-state index in [0.717, 1.165) is 28.1 Å². The summed E-state index contributed by atoms with van der Waals surface area (Å²) < 4.78 is 5.98. The number of carbonyl (C=O) groups excluding carboxylic acids is 2. The molecule has 4 rings (SSSR count). The minimum absolute atomic E-state index is 0.205. The predicted octanol–water partition coefficient (Wildman–Crippen LogP) is 3.27. The molecule has 2 N–H and O–H groups in total. The van der Waals surface area contributed by atoms with Crippen molar-refractivity contribution in [2.45, 2.75) is 38.8 Å². The number of anilines is 1. The first-order valence-electron chi connectivity index (χ1n) is 8.84. The lowest BCUT2D eigenvalue weighted by Gasteiger charge is -2.46. The number of piperidine rings is 1. The average Bonchev–Trinajstić information content (AvgIpc) is 2.57. The van der Waals surface area contributed by atoms with E-state index in [1.54, 1.807) is 0 Å². The highest BCUT2D eigenvalue weighted by molar-refractivity contribution is 6.08. The van der Waals surface area contributed by atoms with Crippen molar-refractivity contribution >= 4 is 17.5 Å². The third-order valence-corrected chi connectivity index (χ3v) is 5.27. The van der Waals surface area contributed by atoms with E-state index in [9.17, 15) is 9.59 Å². The van der Waals surface area contributed by atoms with Gasteiger partial charge < -0.3 is 15.4 Å². The molecule has 0 unspecified atom stereocenters. The summed E-state index contributed by atoms with van der Waals surface area (Å²) in [5.74, 6) is -0.825. The van der Waals surface area contributed by atoms with Crippen LogP contribution in [-0.4, -0.2) is 17.5 Å². The number of aryl methyl sites for hydroxylation is 2. The molecule has 5 nitrogen and oxygen atoms in total. The summed E-state index contributed by atoms with van der Waals surface area (Å²) in [6.07, 6.45) is 0.570. The molecule has 1 saturated heterocycles. The number of amides is 2. The molecule has 2 bridgehead atoms. The van der Waals surface area contributed by atoms with E-state index in [0.29, 0.717) is 6.42 Å². The van der Waals surface area contributed by atoms with Crippen molar-refractivity contribution in [3.05, 3.63) is 59.2 Å². The second kappa shape index (κ2) is 5.87. The number of carbonyl (C=O) groups is 2. The maximum atomic E-state index is 13.0. The Balaban J connectivity index is 1.69. The van der Waals surface area contributed by atoms with E-state index in [2.05, 4.69) is 10.6 Å². The summed E-state index contributed by atoms with van der Waals surface area (Å²) in [4.78, 5) is 25.8. The van der Waals surface area contributed by atoms with E-state index in [4.69, 9.17) is 4.74 Å². The van der Waals surface area contributed by atoms with Crippen LogP contribution in [0.15, 0.2) is 42.5 Å². The van der Waals surface area contributed by atoms with Crippen molar-refractivity contribution in [1.82, 2.24) is 5.32 Å². The predicted molar refractivity (Wildman–Crippen MR) is 99.0 cm³/mol. The lowest BCUT2D eigenvalue weighted by atomic mass is 9.74.